The van der Waals surface area contributed by atoms with Crippen LogP contribution in [0.4, 0.5) is 0 Å². The average molecular weight is 770 g/mol. The SMILES string of the molecule is CNO.[3H]C.[C-]#[N+]C1=C[C@]2(C)c3nn(C)c(-c4noc(C)n4)c3CC[C@H]2C(C)(C)C1=O.[C-]#[N+]C1C[C@]2(C)c3nn(C)c(-c4noc(C)n4)c3CC[C@H]2C(C)(C)C1=O. The van der Waals surface area contributed by atoms with Crippen molar-refractivity contribution >= 4 is 11.6 Å². The van der Waals surface area contributed by atoms with Crippen molar-refractivity contribution in [2.75, 3.05) is 7.05 Å². The highest BCUT2D eigenvalue weighted by molar-refractivity contribution is 6.02. The van der Waals surface area contributed by atoms with Crippen LogP contribution in [-0.2, 0) is 47.4 Å². The summed E-state index contributed by atoms with van der Waals surface area (Å²) >= 11 is 0. The second-order valence-electron chi connectivity index (χ2n) is 16.6. The van der Waals surface area contributed by atoms with Crippen LogP contribution in [0.1, 0.15) is 104 Å². The van der Waals surface area contributed by atoms with Crippen molar-refractivity contribution in [3.05, 3.63) is 68.9 Å². The molecule has 8 rings (SSSR count). The molecule has 0 saturated heterocycles. The van der Waals surface area contributed by atoms with Gasteiger partial charge >= 0.3 is 0 Å². The molecule has 2 N–H and O–H groups in total. The van der Waals surface area contributed by atoms with Crippen molar-refractivity contribution in [2.24, 2.45) is 36.8 Å². The van der Waals surface area contributed by atoms with Crippen LogP contribution in [0.5, 0.6) is 0 Å². The molecule has 1 unspecified atom stereocenters. The minimum Gasteiger partial charge on any atom is -0.339 e. The third-order valence-electron chi connectivity index (χ3n) is 12.5. The number of ketones is 2. The third-order valence-corrected chi connectivity index (χ3v) is 12.5. The molecule has 5 atom stereocenters. The standard InChI is InChI=1S/C19H23N5O2.C19H21N5O2.CH5NO.CH4/c2*1-10-21-17(23-26-10)14-11-7-8-13-18(2,3)16(25)12(20-5)9-19(13,4)15(11)22-24(14)6;1-2-3;/h12-13H,7-9H2,1-4,6H3;9,13H,7-8H2,1-4,6H3;2-3H,1H3;1H4/t12?,13-,19-;13-,19-;;/m00../s1/i;;;1T. The Labute approximate surface area is 329 Å². The summed E-state index contributed by atoms with van der Waals surface area (Å²) in [6.07, 6.45) is 5.71. The second-order valence-corrected chi connectivity index (χ2v) is 16.6. The zero-order valence-electron chi connectivity index (χ0n) is 35.4. The first-order valence-corrected chi connectivity index (χ1v) is 18.4. The van der Waals surface area contributed by atoms with Crippen LogP contribution in [0, 0.1) is 49.7 Å². The van der Waals surface area contributed by atoms with Gasteiger partial charge in [-0.1, -0.05) is 65.3 Å². The Kier molecular flexibility index (Phi) is 10.5. The van der Waals surface area contributed by atoms with E-state index in [1.807, 2.05) is 52.5 Å². The number of hydrogen-bond acceptors (Lipinski definition) is 12. The molecule has 298 valence electrons. The number of allylic oxidation sites excluding steroid dienone is 2. The van der Waals surface area contributed by atoms with Crippen LogP contribution in [0.15, 0.2) is 20.8 Å². The van der Waals surface area contributed by atoms with Gasteiger partial charge in [0.1, 0.15) is 11.4 Å². The summed E-state index contributed by atoms with van der Waals surface area (Å²) in [4.78, 5) is 41.5. The van der Waals surface area contributed by atoms with Crippen molar-refractivity contribution in [2.45, 2.75) is 112 Å². The number of rotatable bonds is 2. The normalized spacial score (nSPS) is 26.7. The smallest absolute Gasteiger partial charge is 0.282 e. The minimum atomic E-state index is -0.602. The highest BCUT2D eigenvalue weighted by Gasteiger charge is 2.61. The molecule has 0 spiro atoms. The van der Waals surface area contributed by atoms with Gasteiger partial charge in [-0.3, -0.25) is 14.2 Å². The van der Waals surface area contributed by atoms with Crippen LogP contribution in [0.2, 0.25) is 0 Å². The van der Waals surface area contributed by atoms with Crippen LogP contribution >= 0.6 is 0 Å². The first-order valence-electron chi connectivity index (χ1n) is 19.4. The fourth-order valence-electron chi connectivity index (χ4n) is 10.2. The number of fused-ring (bicyclic) bond motifs is 6. The maximum atomic E-state index is 12.8. The molecule has 0 amide bonds. The number of nitrogens with one attached hydrogen (secondary N) is 1. The van der Waals surface area contributed by atoms with Gasteiger partial charge in [0, 0.05) is 75.6 Å². The zero-order chi connectivity index (χ0) is 42.4. The van der Waals surface area contributed by atoms with Crippen molar-refractivity contribution in [3.63, 3.8) is 0 Å². The maximum absolute atomic E-state index is 12.8. The van der Waals surface area contributed by atoms with Gasteiger partial charge in [0.25, 0.3) is 6.04 Å². The lowest BCUT2D eigenvalue weighted by molar-refractivity contribution is -0.137. The van der Waals surface area contributed by atoms with E-state index in [0.717, 1.165) is 59.6 Å². The molecule has 1 fully saturated rings. The Bertz CT molecular complexity index is 2300. The van der Waals surface area contributed by atoms with Crippen LogP contribution < -0.4 is 5.48 Å². The maximum Gasteiger partial charge on any atom is 0.282 e. The number of aryl methyl sites for hydroxylation is 4. The van der Waals surface area contributed by atoms with Crippen LogP contribution in [-0.4, -0.2) is 69.7 Å². The van der Waals surface area contributed by atoms with E-state index in [9.17, 15) is 9.59 Å². The van der Waals surface area contributed by atoms with Gasteiger partial charge in [0.15, 0.2) is 5.78 Å². The monoisotopic (exact) mass is 769 g/mol. The molecule has 4 heterocycles. The number of hydroxylamine groups is 1. The second kappa shape index (κ2) is 14.6. The molecule has 0 aliphatic heterocycles. The lowest BCUT2D eigenvalue weighted by atomic mass is 9.50. The number of nitrogens with zero attached hydrogens (tertiary/aromatic N) is 10. The topological polar surface area (TPSA) is 189 Å². The first-order chi connectivity index (χ1) is 26.8. The fraction of sp³-hybridized carbons (Fsp3) is 0.600. The zero-order valence-corrected chi connectivity index (χ0v) is 34.4. The molecule has 1 saturated carbocycles. The van der Waals surface area contributed by atoms with E-state index in [1.165, 1.54) is 14.5 Å². The van der Waals surface area contributed by atoms with Crippen LogP contribution in [0.25, 0.3) is 32.7 Å². The third kappa shape index (κ3) is 6.29. The van der Waals surface area contributed by atoms with E-state index in [-0.39, 0.29) is 34.5 Å². The number of carbonyl (C=O) groups excluding carboxylic acids is 2. The highest BCUT2D eigenvalue weighted by atomic mass is 16.5. The van der Waals surface area contributed by atoms with E-state index in [1.54, 1.807) is 24.0 Å². The predicted octanol–water partition coefficient (Wildman–Crippen LogP) is 6.13. The van der Waals surface area contributed by atoms with Crippen molar-refractivity contribution in [3.8, 4) is 23.0 Å². The van der Waals surface area contributed by atoms with E-state index < -0.39 is 22.3 Å². The molecule has 4 aliphatic rings. The van der Waals surface area contributed by atoms with Gasteiger partial charge in [0.2, 0.25) is 34.9 Å². The summed E-state index contributed by atoms with van der Waals surface area (Å²) < 4.78 is 19.7. The molecular formula is C40H53N11O5. The van der Waals surface area contributed by atoms with Gasteiger partial charge in [-0.25, -0.2) is 16.9 Å². The van der Waals surface area contributed by atoms with Gasteiger partial charge in [-0.2, -0.15) is 20.2 Å². The number of carbonyl (C=O) groups is 2. The van der Waals surface area contributed by atoms with Gasteiger partial charge in [0.05, 0.1) is 18.0 Å². The quantitative estimate of drug-likeness (QED) is 0.176. The number of aromatic nitrogens is 8. The van der Waals surface area contributed by atoms with Gasteiger partial charge < -0.3 is 23.9 Å². The Hall–Kier alpha value is -5.32. The molecule has 16 nitrogen and oxygen atoms in total. The molecule has 0 radical (unpaired) electrons. The highest BCUT2D eigenvalue weighted by Crippen LogP contribution is 2.57. The largest absolute Gasteiger partial charge is 0.339 e. The van der Waals surface area contributed by atoms with E-state index in [0.29, 0.717) is 29.9 Å². The lowest BCUT2D eigenvalue weighted by Crippen LogP contribution is -2.56. The Morgan fingerprint density at radius 3 is 1.82 bits per heavy atom. The minimum absolute atomic E-state index is 0.0663. The average Bonchev–Trinajstić information content (AvgIpc) is 3.95. The summed E-state index contributed by atoms with van der Waals surface area (Å²) in [5.41, 5.74) is 5.90. The molecule has 4 aromatic heterocycles. The van der Waals surface area contributed by atoms with Gasteiger partial charge in [-0.15, -0.1) is 0 Å². The van der Waals surface area contributed by atoms with Crippen molar-refractivity contribution in [1.29, 1.82) is 0 Å². The lowest BCUT2D eigenvalue weighted by Gasteiger charge is -2.51. The molecule has 0 bridgehead atoms. The fourth-order valence-corrected chi connectivity index (χ4v) is 10.2. The first kappa shape index (κ1) is 40.3. The van der Waals surface area contributed by atoms with E-state index in [2.05, 4.69) is 43.8 Å². The molecule has 56 heavy (non-hydrogen) atoms. The summed E-state index contributed by atoms with van der Waals surface area (Å²) in [7, 11) is 6.44. The Morgan fingerprint density at radius 1 is 0.875 bits per heavy atom. The number of hydrogen-bond donors (Lipinski definition) is 2. The van der Waals surface area contributed by atoms with Crippen LogP contribution in [0.3, 0.4) is 0 Å². The summed E-state index contributed by atoms with van der Waals surface area (Å²) in [6, 6.07) is -0.602. The predicted molar refractivity (Wildman–Crippen MR) is 206 cm³/mol. The van der Waals surface area contributed by atoms with E-state index in [4.69, 9.17) is 39.0 Å². The molecule has 16 heteroatoms. The molecule has 0 aromatic carbocycles. The summed E-state index contributed by atoms with van der Waals surface area (Å²) in [5.74, 6) is 2.38. The Morgan fingerprint density at radius 2 is 1.36 bits per heavy atom. The summed E-state index contributed by atoms with van der Waals surface area (Å²) in [6.45, 7) is 30.6. The summed E-state index contributed by atoms with van der Waals surface area (Å²) in [5, 5.41) is 25.1. The van der Waals surface area contributed by atoms with Crippen molar-refractivity contribution in [1.82, 2.24) is 45.3 Å². The molecular weight excluding hydrogens is 715 g/mol. The van der Waals surface area contributed by atoms with Gasteiger partial charge in [-0.05, 0) is 37.5 Å². The van der Waals surface area contributed by atoms with E-state index >= 15 is 0 Å². The molecule has 4 aliphatic carbocycles. The Balaban J connectivity index is 0.000000196. The van der Waals surface area contributed by atoms with Crippen molar-refractivity contribution < 1.29 is 25.2 Å². The number of Topliss-reactive ketones (excluding diaryl/α,β-unsaturated/α-hetero) is 2. The molecule has 4 aromatic rings.